The Balaban J connectivity index is 1.05. The van der Waals surface area contributed by atoms with Gasteiger partial charge < -0.3 is 0 Å². The summed E-state index contributed by atoms with van der Waals surface area (Å²) in [5, 5.41) is 0. The molecule has 276 valence electrons. The predicted octanol–water partition coefficient (Wildman–Crippen LogP) is 13.3. The Morgan fingerprint density at radius 3 is 1.66 bits per heavy atom. The highest BCUT2D eigenvalue weighted by Crippen LogP contribution is 2.63. The quantitative estimate of drug-likeness (QED) is 0.176. The van der Waals surface area contributed by atoms with Crippen LogP contribution in [0.3, 0.4) is 0 Å². The van der Waals surface area contributed by atoms with Crippen molar-refractivity contribution < 1.29 is 0 Å². The Morgan fingerprint density at radius 2 is 0.966 bits per heavy atom. The molecule has 59 heavy (non-hydrogen) atoms. The van der Waals surface area contributed by atoms with Gasteiger partial charge in [-0.2, -0.15) is 0 Å². The van der Waals surface area contributed by atoms with Crippen LogP contribution in [-0.2, 0) is 11.8 Å². The van der Waals surface area contributed by atoms with Gasteiger partial charge in [0.2, 0.25) is 0 Å². The molecule has 3 aliphatic carbocycles. The molecule has 7 aromatic carbocycles. The van der Waals surface area contributed by atoms with Crippen molar-refractivity contribution in [1.29, 1.82) is 0 Å². The standard InChI is InChI=1S/C56H37N3/c1-2-17-43-37(12-1)13-10-21-44(43)39-14-9-15-40(32-39)54-34-53(38-27-25-36(26-28-38)42-16-11-31-57-35-42)58-55(59-54)41-29-30-48-47-20-5-8-24-51(47)56(52(48)33-41)49-22-6-3-18-45(49)46-19-4-7-23-50(46)56/h1-9,11-12,14-35H,10,13H2. The van der Waals surface area contributed by atoms with E-state index in [2.05, 4.69) is 187 Å². The van der Waals surface area contributed by atoms with Gasteiger partial charge in [-0.25, -0.2) is 9.97 Å². The third-order valence-corrected chi connectivity index (χ3v) is 12.7. The Labute approximate surface area is 344 Å². The normalized spacial score (nSPS) is 13.9. The summed E-state index contributed by atoms with van der Waals surface area (Å²) in [6.07, 6.45) is 8.21. The van der Waals surface area contributed by atoms with E-state index in [1.54, 1.807) is 0 Å². The first-order valence-electron chi connectivity index (χ1n) is 20.5. The number of hydrogen-bond donors (Lipinski definition) is 0. The van der Waals surface area contributed by atoms with Crippen LogP contribution in [0.2, 0.25) is 0 Å². The molecule has 2 aromatic heterocycles. The zero-order valence-electron chi connectivity index (χ0n) is 32.3. The van der Waals surface area contributed by atoms with Crippen LogP contribution in [0.25, 0.3) is 72.9 Å². The molecule has 3 aliphatic rings. The highest BCUT2D eigenvalue weighted by Gasteiger charge is 2.51. The van der Waals surface area contributed by atoms with E-state index in [1.807, 2.05) is 18.5 Å². The summed E-state index contributed by atoms with van der Waals surface area (Å²) in [6, 6.07) is 66.3. The molecule has 0 unspecified atom stereocenters. The Morgan fingerprint density at radius 1 is 0.390 bits per heavy atom. The molecule has 2 heterocycles. The molecule has 0 N–H and O–H groups in total. The van der Waals surface area contributed by atoms with Gasteiger partial charge in [-0.1, -0.05) is 164 Å². The first-order valence-corrected chi connectivity index (χ1v) is 20.5. The van der Waals surface area contributed by atoms with Gasteiger partial charge in [0, 0.05) is 29.1 Å². The van der Waals surface area contributed by atoms with E-state index in [0.29, 0.717) is 5.82 Å². The highest BCUT2D eigenvalue weighted by molar-refractivity contribution is 5.96. The molecule has 0 radical (unpaired) electrons. The van der Waals surface area contributed by atoms with Crippen LogP contribution in [0.4, 0.5) is 0 Å². The molecule has 0 saturated carbocycles. The predicted molar refractivity (Wildman–Crippen MR) is 240 cm³/mol. The van der Waals surface area contributed by atoms with Crippen molar-refractivity contribution in [3.05, 3.63) is 239 Å². The zero-order chi connectivity index (χ0) is 38.9. The summed E-state index contributed by atoms with van der Waals surface area (Å²) in [4.78, 5) is 15.2. The molecule has 9 aromatic rings. The van der Waals surface area contributed by atoms with Gasteiger partial charge in [-0.15, -0.1) is 0 Å². The molecular weight excluding hydrogens is 715 g/mol. The zero-order valence-corrected chi connectivity index (χ0v) is 32.3. The number of nitrogens with zero attached hydrogens (tertiary/aromatic N) is 3. The van der Waals surface area contributed by atoms with E-state index >= 15 is 0 Å². The molecule has 0 aliphatic heterocycles. The number of allylic oxidation sites excluding steroid dienone is 1. The topological polar surface area (TPSA) is 38.7 Å². The third-order valence-electron chi connectivity index (χ3n) is 12.7. The molecule has 0 bridgehead atoms. The van der Waals surface area contributed by atoms with Crippen LogP contribution >= 0.6 is 0 Å². The second kappa shape index (κ2) is 13.3. The van der Waals surface area contributed by atoms with Crippen molar-refractivity contribution in [3.8, 4) is 67.3 Å². The lowest BCUT2D eigenvalue weighted by Crippen LogP contribution is -2.25. The van der Waals surface area contributed by atoms with E-state index in [4.69, 9.17) is 9.97 Å². The largest absolute Gasteiger partial charge is 0.264 e. The van der Waals surface area contributed by atoms with Gasteiger partial charge in [-0.05, 0) is 115 Å². The minimum absolute atomic E-state index is 0.448. The van der Waals surface area contributed by atoms with E-state index in [-0.39, 0.29) is 0 Å². The van der Waals surface area contributed by atoms with E-state index in [9.17, 15) is 0 Å². The van der Waals surface area contributed by atoms with Crippen molar-refractivity contribution in [2.45, 2.75) is 18.3 Å². The number of aryl methyl sites for hydroxylation is 1. The van der Waals surface area contributed by atoms with E-state index in [1.165, 1.54) is 66.8 Å². The molecule has 0 atom stereocenters. The molecule has 0 amide bonds. The maximum atomic E-state index is 5.43. The first kappa shape index (κ1) is 33.6. The molecule has 3 nitrogen and oxygen atoms in total. The van der Waals surface area contributed by atoms with Crippen LogP contribution in [-0.4, -0.2) is 15.0 Å². The maximum absolute atomic E-state index is 5.43. The van der Waals surface area contributed by atoms with Crippen LogP contribution in [0.5, 0.6) is 0 Å². The summed E-state index contributed by atoms with van der Waals surface area (Å²) in [7, 11) is 0. The van der Waals surface area contributed by atoms with Gasteiger partial charge in [0.1, 0.15) is 0 Å². The highest BCUT2D eigenvalue weighted by atomic mass is 14.9. The molecular formula is C56H37N3. The second-order valence-corrected chi connectivity index (χ2v) is 15.8. The van der Waals surface area contributed by atoms with E-state index in [0.717, 1.165) is 52.0 Å². The SMILES string of the molecule is C1=C(c2cccc(-c3cc(-c4ccc(-c5cccnc5)cc4)nc(-c4ccc5c(c4)C4(c6ccccc6-c6ccccc64)c4ccccc4-5)n3)c2)c2ccccc2CC1. The van der Waals surface area contributed by atoms with Crippen LogP contribution in [0, 0.1) is 0 Å². The second-order valence-electron chi connectivity index (χ2n) is 15.8. The lowest BCUT2D eigenvalue weighted by molar-refractivity contribution is 0.794. The van der Waals surface area contributed by atoms with Crippen molar-refractivity contribution in [3.63, 3.8) is 0 Å². The van der Waals surface area contributed by atoms with Gasteiger partial charge in [-0.3, -0.25) is 4.98 Å². The fraction of sp³-hybridized carbons (Fsp3) is 0.0536. The number of fused-ring (bicyclic) bond motifs is 11. The van der Waals surface area contributed by atoms with Crippen molar-refractivity contribution in [2.75, 3.05) is 0 Å². The number of hydrogen-bond acceptors (Lipinski definition) is 3. The molecule has 12 rings (SSSR count). The molecule has 3 heteroatoms. The minimum Gasteiger partial charge on any atom is -0.264 e. The smallest absolute Gasteiger partial charge is 0.160 e. The van der Waals surface area contributed by atoms with Crippen LogP contribution in [0.1, 0.15) is 45.4 Å². The van der Waals surface area contributed by atoms with Gasteiger partial charge in [0.05, 0.1) is 16.8 Å². The van der Waals surface area contributed by atoms with Crippen molar-refractivity contribution in [1.82, 2.24) is 15.0 Å². The number of rotatable bonds is 5. The summed E-state index contributed by atoms with van der Waals surface area (Å²) in [5.41, 5.74) is 22.2. The third kappa shape index (κ3) is 5.18. The fourth-order valence-corrected chi connectivity index (χ4v) is 10.1. The monoisotopic (exact) mass is 751 g/mol. The Kier molecular flexibility index (Phi) is 7.58. The maximum Gasteiger partial charge on any atom is 0.160 e. The molecule has 1 spiro atoms. The van der Waals surface area contributed by atoms with Gasteiger partial charge in [0.15, 0.2) is 5.82 Å². The summed E-state index contributed by atoms with van der Waals surface area (Å²) < 4.78 is 0. The van der Waals surface area contributed by atoms with E-state index < -0.39 is 5.41 Å². The number of pyridine rings is 1. The van der Waals surface area contributed by atoms with Crippen molar-refractivity contribution >= 4 is 5.57 Å². The minimum atomic E-state index is -0.448. The summed E-state index contributed by atoms with van der Waals surface area (Å²) in [5.74, 6) is 0.704. The van der Waals surface area contributed by atoms with Crippen LogP contribution in [0.15, 0.2) is 200 Å². The summed E-state index contributed by atoms with van der Waals surface area (Å²) in [6.45, 7) is 0. The lowest BCUT2D eigenvalue weighted by atomic mass is 9.70. The van der Waals surface area contributed by atoms with Gasteiger partial charge in [0.25, 0.3) is 0 Å². The van der Waals surface area contributed by atoms with Crippen molar-refractivity contribution in [2.24, 2.45) is 0 Å². The number of benzene rings is 7. The summed E-state index contributed by atoms with van der Waals surface area (Å²) >= 11 is 0. The Bertz CT molecular complexity index is 3090. The van der Waals surface area contributed by atoms with Crippen LogP contribution < -0.4 is 0 Å². The lowest BCUT2D eigenvalue weighted by Gasteiger charge is -2.30. The van der Waals surface area contributed by atoms with Gasteiger partial charge >= 0.3 is 0 Å². The average Bonchev–Trinajstić information content (AvgIpc) is 3.79. The Hall–Kier alpha value is -7.49. The molecule has 0 fully saturated rings. The average molecular weight is 752 g/mol. The molecule has 0 saturated heterocycles. The first-order chi connectivity index (χ1) is 29.2. The fourth-order valence-electron chi connectivity index (χ4n) is 10.1. The number of aromatic nitrogens is 3.